The average Bonchev–Trinajstić information content (AvgIpc) is 3.28. The molecule has 3 N–H and O–H groups in total. The Kier molecular flexibility index (Phi) is 6.54. The molecule has 0 spiro atoms. The molecule has 0 aliphatic rings. The zero-order valence-corrected chi connectivity index (χ0v) is 17.4. The Labute approximate surface area is 180 Å². The number of rotatable bonds is 9. The molecule has 4 rings (SSSR count). The molecule has 0 aliphatic carbocycles. The molecule has 0 aliphatic heterocycles. The largest absolute Gasteiger partial charge is 0.383 e. The number of H-pyrrole nitrogens is 1. The Morgan fingerprint density at radius 1 is 1.10 bits per heavy atom. The monoisotopic (exact) mass is 415 g/mol. The molecule has 0 saturated carbocycles. The zero-order chi connectivity index (χ0) is 21.5. The lowest BCUT2D eigenvalue weighted by Crippen LogP contribution is -2.27. The van der Waals surface area contributed by atoms with Gasteiger partial charge in [0, 0.05) is 61.2 Å². The molecule has 0 atom stereocenters. The van der Waals surface area contributed by atoms with Gasteiger partial charge in [0.05, 0.1) is 17.9 Å². The number of pyridine rings is 2. The number of nitrogens with zero attached hydrogens (tertiary/aromatic N) is 2. The van der Waals surface area contributed by atoms with Gasteiger partial charge in [-0.05, 0) is 42.5 Å². The van der Waals surface area contributed by atoms with Crippen LogP contribution in [-0.4, -0.2) is 47.7 Å². The van der Waals surface area contributed by atoms with Gasteiger partial charge < -0.3 is 20.4 Å². The number of aromatic nitrogens is 3. The molecule has 158 valence electrons. The summed E-state index contributed by atoms with van der Waals surface area (Å²) in [6, 6.07) is 17.6. The number of methoxy groups -OCH3 is 1. The minimum atomic E-state index is -0.170. The minimum Gasteiger partial charge on any atom is -0.383 e. The molecule has 3 aromatic heterocycles. The Balaban J connectivity index is 1.53. The van der Waals surface area contributed by atoms with Crippen LogP contribution in [0.15, 0.2) is 67.0 Å². The molecule has 7 nitrogen and oxygen atoms in total. The van der Waals surface area contributed by atoms with E-state index in [0.717, 1.165) is 27.9 Å². The van der Waals surface area contributed by atoms with Gasteiger partial charge in [-0.3, -0.25) is 9.78 Å². The van der Waals surface area contributed by atoms with E-state index < -0.39 is 0 Å². The number of aromatic amines is 1. The molecule has 0 saturated heterocycles. The van der Waals surface area contributed by atoms with E-state index in [-0.39, 0.29) is 5.91 Å². The number of benzene rings is 1. The minimum absolute atomic E-state index is 0.170. The Bertz CT molecular complexity index is 1160. The second-order valence-electron chi connectivity index (χ2n) is 7.12. The number of anilines is 1. The van der Waals surface area contributed by atoms with Crippen molar-refractivity contribution in [3.8, 4) is 11.3 Å². The van der Waals surface area contributed by atoms with Gasteiger partial charge in [-0.1, -0.05) is 12.1 Å². The highest BCUT2D eigenvalue weighted by Gasteiger charge is 2.14. The Hall–Kier alpha value is -3.71. The second kappa shape index (κ2) is 9.86. The Morgan fingerprint density at radius 2 is 2.03 bits per heavy atom. The zero-order valence-electron chi connectivity index (χ0n) is 17.4. The molecular formula is C24H25N5O2. The van der Waals surface area contributed by atoms with E-state index in [9.17, 15) is 4.79 Å². The van der Waals surface area contributed by atoms with Crippen LogP contribution in [0.25, 0.3) is 22.2 Å². The van der Waals surface area contributed by atoms with Gasteiger partial charge in [0.15, 0.2) is 0 Å². The fraction of sp³-hybridized carbons (Fsp3) is 0.208. The van der Waals surface area contributed by atoms with Crippen LogP contribution in [0.4, 0.5) is 5.82 Å². The third-order valence-electron chi connectivity index (χ3n) is 4.98. The molecule has 1 amide bonds. The molecule has 31 heavy (non-hydrogen) atoms. The fourth-order valence-electron chi connectivity index (χ4n) is 3.37. The van der Waals surface area contributed by atoms with Crippen molar-refractivity contribution in [1.29, 1.82) is 0 Å². The molecule has 0 bridgehead atoms. The third kappa shape index (κ3) is 5.07. The summed E-state index contributed by atoms with van der Waals surface area (Å²) < 4.78 is 5.13. The number of amides is 1. The van der Waals surface area contributed by atoms with Crippen LogP contribution in [0, 0.1) is 0 Å². The van der Waals surface area contributed by atoms with Gasteiger partial charge in [0.2, 0.25) is 0 Å². The van der Waals surface area contributed by atoms with Crippen molar-refractivity contribution >= 4 is 22.6 Å². The van der Waals surface area contributed by atoms with E-state index in [1.165, 1.54) is 0 Å². The van der Waals surface area contributed by atoms with Crippen molar-refractivity contribution in [2.75, 3.05) is 32.1 Å². The maximum absolute atomic E-state index is 12.8. The summed E-state index contributed by atoms with van der Waals surface area (Å²) in [6.07, 6.45) is 4.33. The number of fused-ring (bicyclic) bond motifs is 1. The van der Waals surface area contributed by atoms with Crippen LogP contribution in [-0.2, 0) is 11.2 Å². The van der Waals surface area contributed by atoms with Crippen LogP contribution >= 0.6 is 0 Å². The average molecular weight is 415 g/mol. The number of carbonyl (C=O) groups excluding carboxylic acids is 1. The molecule has 4 aromatic rings. The van der Waals surface area contributed by atoms with E-state index in [0.29, 0.717) is 37.5 Å². The highest BCUT2D eigenvalue weighted by Crippen LogP contribution is 2.25. The SMILES string of the molecule is COCCNc1nc(-c2ccc3[nH]ccc3c2)ccc1C(=O)NCCc1ccccn1. The van der Waals surface area contributed by atoms with Crippen LogP contribution in [0.3, 0.4) is 0 Å². The van der Waals surface area contributed by atoms with Crippen LogP contribution < -0.4 is 10.6 Å². The van der Waals surface area contributed by atoms with Gasteiger partial charge in [0.25, 0.3) is 5.91 Å². The smallest absolute Gasteiger partial charge is 0.255 e. The third-order valence-corrected chi connectivity index (χ3v) is 4.98. The normalized spacial score (nSPS) is 10.9. The summed E-state index contributed by atoms with van der Waals surface area (Å²) in [5.41, 5.74) is 4.31. The number of carbonyl (C=O) groups is 1. The molecule has 1 aromatic carbocycles. The molecular weight excluding hydrogens is 390 g/mol. The topological polar surface area (TPSA) is 91.9 Å². The first-order chi connectivity index (χ1) is 15.2. The number of nitrogens with one attached hydrogen (secondary N) is 3. The highest BCUT2D eigenvalue weighted by molar-refractivity contribution is 5.99. The maximum Gasteiger partial charge on any atom is 0.255 e. The van der Waals surface area contributed by atoms with Crippen molar-refractivity contribution < 1.29 is 9.53 Å². The molecule has 0 unspecified atom stereocenters. The summed E-state index contributed by atoms with van der Waals surface area (Å²) >= 11 is 0. The lowest BCUT2D eigenvalue weighted by Gasteiger charge is -2.13. The van der Waals surface area contributed by atoms with Crippen molar-refractivity contribution in [2.45, 2.75) is 6.42 Å². The molecule has 0 radical (unpaired) electrons. The summed E-state index contributed by atoms with van der Waals surface area (Å²) in [6.45, 7) is 1.57. The van der Waals surface area contributed by atoms with Gasteiger partial charge in [0.1, 0.15) is 5.82 Å². The van der Waals surface area contributed by atoms with Crippen molar-refractivity contribution in [3.05, 3.63) is 78.2 Å². The molecule has 7 heteroatoms. The lowest BCUT2D eigenvalue weighted by molar-refractivity contribution is 0.0954. The van der Waals surface area contributed by atoms with Gasteiger partial charge >= 0.3 is 0 Å². The summed E-state index contributed by atoms with van der Waals surface area (Å²) in [5, 5.41) is 7.31. The first-order valence-corrected chi connectivity index (χ1v) is 10.2. The van der Waals surface area contributed by atoms with E-state index in [4.69, 9.17) is 9.72 Å². The van der Waals surface area contributed by atoms with Gasteiger partial charge in [-0.2, -0.15) is 0 Å². The quantitative estimate of drug-likeness (QED) is 0.363. The van der Waals surface area contributed by atoms with E-state index in [1.807, 2.05) is 54.7 Å². The van der Waals surface area contributed by atoms with E-state index in [2.05, 4.69) is 26.7 Å². The van der Waals surface area contributed by atoms with Crippen molar-refractivity contribution in [3.63, 3.8) is 0 Å². The summed E-state index contributed by atoms with van der Waals surface area (Å²) in [5.74, 6) is 0.370. The predicted octanol–water partition coefficient (Wildman–Crippen LogP) is 3.66. The number of ether oxygens (including phenoxy) is 1. The van der Waals surface area contributed by atoms with E-state index >= 15 is 0 Å². The van der Waals surface area contributed by atoms with Gasteiger partial charge in [-0.15, -0.1) is 0 Å². The first kappa shape index (κ1) is 20.6. The second-order valence-corrected chi connectivity index (χ2v) is 7.12. The van der Waals surface area contributed by atoms with Crippen LogP contribution in [0.1, 0.15) is 16.1 Å². The fourth-order valence-corrected chi connectivity index (χ4v) is 3.37. The highest BCUT2D eigenvalue weighted by atomic mass is 16.5. The first-order valence-electron chi connectivity index (χ1n) is 10.2. The standard InChI is InChI=1S/C24H25N5O2/c1-31-15-14-27-23-20(24(30)28-13-10-19-4-2-3-11-25-19)6-8-22(29-23)17-5-7-21-18(16-17)9-12-26-21/h2-9,11-12,16,26H,10,13-15H2,1H3,(H,27,29)(H,28,30). The van der Waals surface area contributed by atoms with Crippen molar-refractivity contribution in [1.82, 2.24) is 20.3 Å². The molecule has 0 fully saturated rings. The van der Waals surface area contributed by atoms with Gasteiger partial charge in [-0.25, -0.2) is 4.98 Å². The summed E-state index contributed by atoms with van der Waals surface area (Å²) in [4.78, 5) is 25.1. The molecule has 3 heterocycles. The maximum atomic E-state index is 12.8. The Morgan fingerprint density at radius 3 is 2.87 bits per heavy atom. The van der Waals surface area contributed by atoms with E-state index in [1.54, 1.807) is 13.3 Å². The number of hydrogen-bond donors (Lipinski definition) is 3. The lowest BCUT2D eigenvalue weighted by atomic mass is 10.1. The van der Waals surface area contributed by atoms with Crippen LogP contribution in [0.2, 0.25) is 0 Å². The summed E-state index contributed by atoms with van der Waals surface area (Å²) in [7, 11) is 1.64. The predicted molar refractivity (Wildman–Crippen MR) is 122 cm³/mol. The number of hydrogen-bond acceptors (Lipinski definition) is 5. The van der Waals surface area contributed by atoms with Crippen molar-refractivity contribution in [2.24, 2.45) is 0 Å². The van der Waals surface area contributed by atoms with Crippen LogP contribution in [0.5, 0.6) is 0 Å².